The van der Waals surface area contributed by atoms with Gasteiger partial charge in [0.05, 0.1) is 5.56 Å². The molecule has 6 heteroatoms. The van der Waals surface area contributed by atoms with Gasteiger partial charge in [-0.3, -0.25) is 4.79 Å². The number of hydrogen-bond donors (Lipinski definition) is 1. The first-order valence-corrected chi connectivity index (χ1v) is 7.19. The van der Waals surface area contributed by atoms with Gasteiger partial charge in [-0.05, 0) is 35.7 Å². The first-order chi connectivity index (χ1) is 10.6. The zero-order chi connectivity index (χ0) is 15.7. The van der Waals surface area contributed by atoms with Crippen molar-refractivity contribution in [2.24, 2.45) is 0 Å². The molecule has 1 aliphatic rings. The lowest BCUT2D eigenvalue weighted by Crippen LogP contribution is -2.36. The van der Waals surface area contributed by atoms with Crippen LogP contribution in [0.1, 0.15) is 32.0 Å². The summed E-state index contributed by atoms with van der Waals surface area (Å²) in [5.74, 6) is -1.27. The SMILES string of the molecule is O=C(O)c1ccc(C(=O)N2CCc3c(Cl)cccc3C2)cn1. The van der Waals surface area contributed by atoms with Gasteiger partial charge in [0.1, 0.15) is 5.69 Å². The molecule has 0 radical (unpaired) electrons. The van der Waals surface area contributed by atoms with Crippen molar-refractivity contribution in [3.05, 3.63) is 63.9 Å². The predicted molar refractivity (Wildman–Crippen MR) is 81.1 cm³/mol. The van der Waals surface area contributed by atoms with E-state index in [9.17, 15) is 9.59 Å². The van der Waals surface area contributed by atoms with Crippen molar-refractivity contribution in [1.29, 1.82) is 0 Å². The third-order valence-electron chi connectivity index (χ3n) is 3.73. The standard InChI is InChI=1S/C16H13ClN2O3/c17-13-3-1-2-11-9-19(7-6-12(11)13)15(20)10-4-5-14(16(21)22)18-8-10/h1-5,8H,6-7,9H2,(H,21,22). The molecule has 2 aromatic rings. The maximum Gasteiger partial charge on any atom is 0.354 e. The lowest BCUT2D eigenvalue weighted by molar-refractivity contribution is 0.0685. The Hall–Kier alpha value is -2.40. The van der Waals surface area contributed by atoms with Crippen LogP contribution in [0.2, 0.25) is 5.02 Å². The number of fused-ring (bicyclic) bond motifs is 1. The molecule has 0 saturated carbocycles. The van der Waals surface area contributed by atoms with Crippen molar-refractivity contribution in [3.8, 4) is 0 Å². The van der Waals surface area contributed by atoms with Gasteiger partial charge in [-0.1, -0.05) is 23.7 Å². The lowest BCUT2D eigenvalue weighted by Gasteiger charge is -2.29. The average molecular weight is 317 g/mol. The second-order valence-corrected chi connectivity index (χ2v) is 5.50. The van der Waals surface area contributed by atoms with Crippen molar-refractivity contribution in [3.63, 3.8) is 0 Å². The van der Waals surface area contributed by atoms with Gasteiger partial charge in [0.25, 0.3) is 5.91 Å². The van der Waals surface area contributed by atoms with Gasteiger partial charge in [0.15, 0.2) is 0 Å². The quantitative estimate of drug-likeness (QED) is 0.924. The van der Waals surface area contributed by atoms with Gasteiger partial charge in [-0.2, -0.15) is 0 Å². The molecule has 0 spiro atoms. The number of nitrogens with zero attached hydrogens (tertiary/aromatic N) is 2. The highest BCUT2D eigenvalue weighted by molar-refractivity contribution is 6.31. The molecular formula is C16H13ClN2O3. The smallest absolute Gasteiger partial charge is 0.354 e. The number of carbonyl (C=O) groups is 2. The fourth-order valence-corrected chi connectivity index (χ4v) is 2.85. The second-order valence-electron chi connectivity index (χ2n) is 5.09. The molecule has 1 aromatic carbocycles. The van der Waals surface area contributed by atoms with Crippen molar-refractivity contribution in [1.82, 2.24) is 9.88 Å². The van der Waals surface area contributed by atoms with E-state index in [2.05, 4.69) is 4.98 Å². The van der Waals surface area contributed by atoms with Crippen LogP contribution >= 0.6 is 11.6 Å². The minimum atomic E-state index is -1.11. The Morgan fingerprint density at radius 2 is 2.05 bits per heavy atom. The van der Waals surface area contributed by atoms with E-state index in [1.807, 2.05) is 18.2 Å². The summed E-state index contributed by atoms with van der Waals surface area (Å²) in [7, 11) is 0. The number of carboxylic acids is 1. The number of pyridine rings is 1. The van der Waals surface area contributed by atoms with Gasteiger partial charge >= 0.3 is 5.97 Å². The number of carbonyl (C=O) groups excluding carboxylic acids is 1. The molecule has 1 N–H and O–H groups in total. The highest BCUT2D eigenvalue weighted by Crippen LogP contribution is 2.26. The van der Waals surface area contributed by atoms with Gasteiger partial charge in [0.2, 0.25) is 0 Å². The Bertz CT molecular complexity index is 744. The highest BCUT2D eigenvalue weighted by Gasteiger charge is 2.23. The van der Waals surface area contributed by atoms with Crippen LogP contribution in [0.5, 0.6) is 0 Å². The molecule has 0 bridgehead atoms. The van der Waals surface area contributed by atoms with Crippen LogP contribution in [0, 0.1) is 0 Å². The lowest BCUT2D eigenvalue weighted by atomic mass is 9.99. The summed E-state index contributed by atoms with van der Waals surface area (Å²) < 4.78 is 0. The van der Waals surface area contributed by atoms with Crippen LogP contribution in [0.4, 0.5) is 0 Å². The monoisotopic (exact) mass is 316 g/mol. The van der Waals surface area contributed by atoms with E-state index in [-0.39, 0.29) is 11.6 Å². The average Bonchev–Trinajstić information content (AvgIpc) is 2.54. The van der Waals surface area contributed by atoms with Crippen LogP contribution in [0.25, 0.3) is 0 Å². The van der Waals surface area contributed by atoms with Crippen molar-refractivity contribution >= 4 is 23.5 Å². The summed E-state index contributed by atoms with van der Waals surface area (Å²) in [6.45, 7) is 1.08. The molecule has 0 unspecified atom stereocenters. The second kappa shape index (κ2) is 5.77. The van der Waals surface area contributed by atoms with E-state index < -0.39 is 5.97 Å². The first kappa shape index (κ1) is 14.5. The minimum absolute atomic E-state index is 0.0766. The third-order valence-corrected chi connectivity index (χ3v) is 4.08. The number of rotatable bonds is 2. The zero-order valence-corrected chi connectivity index (χ0v) is 12.4. The van der Waals surface area contributed by atoms with E-state index in [0.717, 1.165) is 16.1 Å². The molecule has 2 heterocycles. The van der Waals surface area contributed by atoms with Crippen LogP contribution < -0.4 is 0 Å². The van der Waals surface area contributed by atoms with Gasteiger partial charge < -0.3 is 10.0 Å². The maximum absolute atomic E-state index is 12.5. The maximum atomic E-state index is 12.5. The summed E-state index contributed by atoms with van der Waals surface area (Å²) >= 11 is 6.16. The molecule has 0 saturated heterocycles. The molecule has 0 atom stereocenters. The summed E-state index contributed by atoms with van der Waals surface area (Å²) in [6, 6.07) is 8.52. The van der Waals surface area contributed by atoms with Crippen molar-refractivity contribution < 1.29 is 14.7 Å². The number of amides is 1. The molecular weight excluding hydrogens is 304 g/mol. The number of aromatic nitrogens is 1. The topological polar surface area (TPSA) is 70.5 Å². The number of hydrogen-bond acceptors (Lipinski definition) is 3. The molecule has 1 amide bonds. The van der Waals surface area contributed by atoms with Crippen LogP contribution in [0.15, 0.2) is 36.5 Å². The first-order valence-electron chi connectivity index (χ1n) is 6.81. The Morgan fingerprint density at radius 1 is 1.23 bits per heavy atom. The largest absolute Gasteiger partial charge is 0.477 e. The van der Waals surface area contributed by atoms with Gasteiger partial charge in [0, 0.05) is 24.3 Å². The summed E-state index contributed by atoms with van der Waals surface area (Å²) in [5, 5.41) is 9.56. The molecule has 0 fully saturated rings. The molecule has 112 valence electrons. The van der Waals surface area contributed by atoms with Crippen LogP contribution in [-0.4, -0.2) is 33.4 Å². The fourth-order valence-electron chi connectivity index (χ4n) is 2.57. The Balaban J connectivity index is 1.80. The van der Waals surface area contributed by atoms with E-state index in [1.165, 1.54) is 18.3 Å². The molecule has 1 aliphatic heterocycles. The fraction of sp³-hybridized carbons (Fsp3) is 0.188. The van der Waals surface area contributed by atoms with E-state index >= 15 is 0 Å². The Morgan fingerprint density at radius 3 is 2.73 bits per heavy atom. The number of benzene rings is 1. The molecule has 1 aromatic heterocycles. The summed E-state index contributed by atoms with van der Waals surface area (Å²) in [4.78, 5) is 28.8. The molecule has 0 aliphatic carbocycles. The Kier molecular flexibility index (Phi) is 3.81. The molecule has 22 heavy (non-hydrogen) atoms. The normalized spacial score (nSPS) is 13.6. The molecule has 3 rings (SSSR count). The number of aromatic carboxylic acids is 1. The van der Waals surface area contributed by atoms with E-state index in [0.29, 0.717) is 25.1 Å². The Labute approximate surface area is 132 Å². The number of halogens is 1. The predicted octanol–water partition coefficient (Wildman–Crippen LogP) is 2.63. The van der Waals surface area contributed by atoms with Crippen molar-refractivity contribution in [2.75, 3.05) is 6.54 Å². The van der Waals surface area contributed by atoms with Crippen molar-refractivity contribution in [2.45, 2.75) is 13.0 Å². The highest BCUT2D eigenvalue weighted by atomic mass is 35.5. The summed E-state index contributed by atoms with van der Waals surface area (Å²) in [5.41, 5.74) is 2.44. The van der Waals surface area contributed by atoms with Gasteiger partial charge in [-0.15, -0.1) is 0 Å². The van der Waals surface area contributed by atoms with Crippen LogP contribution in [0.3, 0.4) is 0 Å². The summed E-state index contributed by atoms with van der Waals surface area (Å²) in [6.07, 6.45) is 2.01. The molecule has 5 nitrogen and oxygen atoms in total. The zero-order valence-electron chi connectivity index (χ0n) is 11.6. The third kappa shape index (κ3) is 2.67. The van der Waals surface area contributed by atoms with Gasteiger partial charge in [-0.25, -0.2) is 9.78 Å². The van der Waals surface area contributed by atoms with E-state index in [4.69, 9.17) is 16.7 Å². The number of carboxylic acid groups (broad SMARTS) is 1. The van der Waals surface area contributed by atoms with Crippen LogP contribution in [-0.2, 0) is 13.0 Å². The minimum Gasteiger partial charge on any atom is -0.477 e. The van der Waals surface area contributed by atoms with E-state index in [1.54, 1.807) is 4.90 Å².